The summed E-state index contributed by atoms with van der Waals surface area (Å²) in [4.78, 5) is 30.4. The molecule has 156 valence electrons. The average Bonchev–Trinajstić information content (AvgIpc) is 3.05. The molecule has 1 saturated heterocycles. The number of rotatable bonds is 5. The van der Waals surface area contributed by atoms with Crippen molar-refractivity contribution in [2.45, 2.75) is 38.6 Å². The summed E-state index contributed by atoms with van der Waals surface area (Å²) < 4.78 is 2.28. The van der Waals surface area contributed by atoms with E-state index in [1.807, 2.05) is 23.1 Å². The third-order valence-corrected chi connectivity index (χ3v) is 4.90. The van der Waals surface area contributed by atoms with Gasteiger partial charge >= 0.3 is 0 Å². The second kappa shape index (κ2) is 10.6. The first kappa shape index (κ1) is 24.2. The van der Waals surface area contributed by atoms with Crippen LogP contribution in [0.5, 0.6) is 0 Å². The number of hydrogen-bond donors (Lipinski definition) is 2. The van der Waals surface area contributed by atoms with Gasteiger partial charge in [-0.1, -0.05) is 12.1 Å². The van der Waals surface area contributed by atoms with Gasteiger partial charge in [0.15, 0.2) is 0 Å². The Morgan fingerprint density at radius 3 is 2.68 bits per heavy atom. The van der Waals surface area contributed by atoms with Gasteiger partial charge in [0.25, 0.3) is 0 Å². The lowest BCUT2D eigenvalue weighted by Crippen LogP contribution is -2.45. The van der Waals surface area contributed by atoms with Crippen LogP contribution in [0, 0.1) is 0 Å². The fourth-order valence-corrected chi connectivity index (χ4v) is 3.67. The summed E-state index contributed by atoms with van der Waals surface area (Å²) in [7, 11) is 0. The molecule has 0 radical (unpaired) electrons. The molecule has 1 aliphatic rings. The lowest BCUT2D eigenvalue weighted by Gasteiger charge is -2.33. The van der Waals surface area contributed by atoms with Gasteiger partial charge < -0.3 is 20.5 Å². The minimum absolute atomic E-state index is 0. The quantitative estimate of drug-likeness (QED) is 0.761. The second-order valence-corrected chi connectivity index (χ2v) is 7.08. The fraction of sp³-hybridized carbons (Fsp3) is 0.526. The molecule has 28 heavy (non-hydrogen) atoms. The van der Waals surface area contributed by atoms with E-state index in [9.17, 15) is 9.59 Å². The van der Waals surface area contributed by atoms with Gasteiger partial charge in [-0.2, -0.15) is 0 Å². The number of amides is 2. The lowest BCUT2D eigenvalue weighted by molar-refractivity contribution is -0.133. The zero-order valence-electron chi connectivity index (χ0n) is 16.3. The third-order valence-electron chi connectivity index (χ3n) is 4.90. The molecule has 3 rings (SSSR count). The Hall–Kier alpha value is -1.83. The summed E-state index contributed by atoms with van der Waals surface area (Å²) in [6.07, 6.45) is 1.94. The van der Waals surface area contributed by atoms with Gasteiger partial charge in [-0.15, -0.1) is 24.8 Å². The number of nitrogens with zero attached hydrogens (tertiary/aromatic N) is 3. The molecule has 2 amide bonds. The number of piperidine rings is 1. The van der Waals surface area contributed by atoms with Crippen LogP contribution in [0.25, 0.3) is 11.0 Å². The number of likely N-dealkylation sites (tertiary alicyclic amines) is 1. The molecule has 1 aromatic carbocycles. The number of carbonyl (C=O) groups excluding carboxylic acids is 2. The van der Waals surface area contributed by atoms with E-state index < -0.39 is 0 Å². The number of aromatic nitrogens is 2. The van der Waals surface area contributed by atoms with Crippen LogP contribution in [0.1, 0.15) is 44.5 Å². The Balaban J connectivity index is 0.00000196. The second-order valence-electron chi connectivity index (χ2n) is 7.08. The molecule has 0 spiro atoms. The summed E-state index contributed by atoms with van der Waals surface area (Å²) in [5.74, 6) is 0.870. The minimum Gasteiger partial charge on any atom is -0.346 e. The van der Waals surface area contributed by atoms with E-state index in [0.29, 0.717) is 12.6 Å². The van der Waals surface area contributed by atoms with E-state index in [1.54, 1.807) is 0 Å². The van der Waals surface area contributed by atoms with Gasteiger partial charge in [0.1, 0.15) is 5.82 Å². The van der Waals surface area contributed by atoms with Crippen LogP contribution < -0.4 is 11.1 Å². The Labute approximate surface area is 177 Å². The molecule has 1 atom stereocenters. The maximum absolute atomic E-state index is 12.4. The van der Waals surface area contributed by atoms with Crippen molar-refractivity contribution in [2.24, 2.45) is 5.73 Å². The molecule has 9 heteroatoms. The number of fused-ring (bicyclic) bond motifs is 1. The molecule has 7 nitrogen and oxygen atoms in total. The predicted octanol–water partition coefficient (Wildman–Crippen LogP) is 2.24. The molecule has 0 saturated carbocycles. The number of para-hydroxylation sites is 2. The normalized spacial score (nSPS) is 16.4. The molecule has 0 aliphatic carbocycles. The van der Waals surface area contributed by atoms with Gasteiger partial charge in [0.2, 0.25) is 11.8 Å². The summed E-state index contributed by atoms with van der Waals surface area (Å²) in [5.41, 5.74) is 7.40. The standard InChI is InChI=1S/C19H27N5O2.2ClH/c1-13(2)24-16-8-4-3-7-15(16)22-19(24)14-6-5-9-23(12-14)18(26)11-21-17(25)10-20;;/h3-4,7-8,13-14H,5-6,9-12,20H2,1-2H3,(H,21,25);2*1H. The Bertz CT molecular complexity index is 809. The van der Waals surface area contributed by atoms with Crippen LogP contribution >= 0.6 is 24.8 Å². The third kappa shape index (κ3) is 5.16. The monoisotopic (exact) mass is 429 g/mol. The molecule has 3 N–H and O–H groups in total. The zero-order chi connectivity index (χ0) is 18.7. The van der Waals surface area contributed by atoms with Crippen molar-refractivity contribution >= 4 is 47.7 Å². The van der Waals surface area contributed by atoms with E-state index in [-0.39, 0.29) is 55.6 Å². The van der Waals surface area contributed by atoms with E-state index in [2.05, 4.69) is 29.8 Å². The van der Waals surface area contributed by atoms with Gasteiger partial charge in [0.05, 0.1) is 24.1 Å². The first-order valence-corrected chi connectivity index (χ1v) is 9.22. The summed E-state index contributed by atoms with van der Waals surface area (Å²) in [5, 5.41) is 2.56. The zero-order valence-corrected chi connectivity index (χ0v) is 17.9. The van der Waals surface area contributed by atoms with Crippen LogP contribution in [0.15, 0.2) is 24.3 Å². The maximum atomic E-state index is 12.4. The number of nitrogens with one attached hydrogen (secondary N) is 1. The number of imidazole rings is 1. The smallest absolute Gasteiger partial charge is 0.241 e. The molecule has 2 heterocycles. The van der Waals surface area contributed by atoms with Crippen LogP contribution in [-0.2, 0) is 9.59 Å². The predicted molar refractivity (Wildman–Crippen MR) is 115 cm³/mol. The number of nitrogens with two attached hydrogens (primary N) is 1. The molecule has 0 bridgehead atoms. The average molecular weight is 430 g/mol. The van der Waals surface area contributed by atoms with Gasteiger partial charge in [-0.25, -0.2) is 4.98 Å². The van der Waals surface area contributed by atoms with Crippen LogP contribution in [0.4, 0.5) is 0 Å². The Morgan fingerprint density at radius 2 is 2.00 bits per heavy atom. The van der Waals surface area contributed by atoms with E-state index >= 15 is 0 Å². The summed E-state index contributed by atoms with van der Waals surface area (Å²) >= 11 is 0. The van der Waals surface area contributed by atoms with Crippen molar-refractivity contribution in [1.82, 2.24) is 19.8 Å². The molecule has 1 aliphatic heterocycles. The maximum Gasteiger partial charge on any atom is 0.241 e. The van der Waals surface area contributed by atoms with Crippen LogP contribution in [0.2, 0.25) is 0 Å². The Kier molecular flexibility index (Phi) is 9.20. The summed E-state index contributed by atoms with van der Waals surface area (Å²) in [6, 6.07) is 8.46. The number of halogens is 2. The van der Waals surface area contributed by atoms with E-state index in [1.165, 1.54) is 0 Å². The number of hydrogen-bond acceptors (Lipinski definition) is 4. The topological polar surface area (TPSA) is 93.2 Å². The summed E-state index contributed by atoms with van der Waals surface area (Å²) in [6.45, 7) is 5.57. The van der Waals surface area contributed by atoms with Crippen LogP contribution in [0.3, 0.4) is 0 Å². The SMILES string of the molecule is CC(C)n1c(C2CCCN(C(=O)CNC(=O)CN)C2)nc2ccccc21.Cl.Cl. The fourth-order valence-electron chi connectivity index (χ4n) is 3.67. The van der Waals surface area contributed by atoms with Gasteiger partial charge in [-0.05, 0) is 38.8 Å². The lowest BCUT2D eigenvalue weighted by atomic mass is 9.96. The molecule has 1 unspecified atom stereocenters. The molecule has 1 fully saturated rings. The van der Waals surface area contributed by atoms with E-state index in [4.69, 9.17) is 10.7 Å². The molecular weight excluding hydrogens is 401 g/mol. The highest BCUT2D eigenvalue weighted by Gasteiger charge is 2.29. The molecule has 2 aromatic rings. The molecule has 1 aromatic heterocycles. The van der Waals surface area contributed by atoms with Gasteiger partial charge in [-0.3, -0.25) is 9.59 Å². The highest BCUT2D eigenvalue weighted by atomic mass is 35.5. The highest BCUT2D eigenvalue weighted by Crippen LogP contribution is 2.31. The van der Waals surface area contributed by atoms with Crippen molar-refractivity contribution in [3.63, 3.8) is 0 Å². The van der Waals surface area contributed by atoms with E-state index in [0.717, 1.165) is 36.2 Å². The first-order valence-electron chi connectivity index (χ1n) is 9.22. The minimum atomic E-state index is -0.312. The number of benzene rings is 1. The highest BCUT2D eigenvalue weighted by molar-refractivity contribution is 5.86. The van der Waals surface area contributed by atoms with Crippen molar-refractivity contribution < 1.29 is 9.59 Å². The van der Waals surface area contributed by atoms with Crippen molar-refractivity contribution in [2.75, 3.05) is 26.2 Å². The van der Waals surface area contributed by atoms with Crippen molar-refractivity contribution in [3.8, 4) is 0 Å². The van der Waals surface area contributed by atoms with Gasteiger partial charge in [0, 0.05) is 25.0 Å². The largest absolute Gasteiger partial charge is 0.346 e. The first-order chi connectivity index (χ1) is 12.5. The number of carbonyl (C=O) groups is 2. The molecular formula is C19H29Cl2N5O2. The van der Waals surface area contributed by atoms with Crippen molar-refractivity contribution in [3.05, 3.63) is 30.1 Å². The Morgan fingerprint density at radius 1 is 1.29 bits per heavy atom. The van der Waals surface area contributed by atoms with Crippen molar-refractivity contribution in [1.29, 1.82) is 0 Å². The van der Waals surface area contributed by atoms with Crippen LogP contribution in [-0.4, -0.2) is 52.4 Å².